The molecule has 2 aromatic carbocycles. The molecule has 2 atom stereocenters. The molecular formula is C17H20ClN. The summed E-state index contributed by atoms with van der Waals surface area (Å²) in [5.74, 6) is 0. The fourth-order valence-electron chi connectivity index (χ4n) is 3.00. The van der Waals surface area contributed by atoms with Crippen molar-refractivity contribution in [3.63, 3.8) is 0 Å². The lowest BCUT2D eigenvalue weighted by Crippen LogP contribution is -2.38. The third-order valence-electron chi connectivity index (χ3n) is 4.12. The SMILES string of the molecule is ClC1CCCCC1NCc1cccc2ccccc12. The van der Waals surface area contributed by atoms with Crippen molar-refractivity contribution in [3.8, 4) is 0 Å². The molecule has 2 unspecified atom stereocenters. The lowest BCUT2D eigenvalue weighted by Gasteiger charge is -2.28. The van der Waals surface area contributed by atoms with Crippen LogP contribution < -0.4 is 5.32 Å². The first-order valence-corrected chi connectivity index (χ1v) is 7.62. The molecule has 2 heteroatoms. The number of halogens is 1. The van der Waals surface area contributed by atoms with Crippen LogP contribution in [-0.2, 0) is 6.54 Å². The minimum Gasteiger partial charge on any atom is -0.308 e. The molecule has 0 heterocycles. The highest BCUT2D eigenvalue weighted by molar-refractivity contribution is 6.21. The van der Waals surface area contributed by atoms with Crippen LogP contribution in [0.3, 0.4) is 0 Å². The Balaban J connectivity index is 1.74. The van der Waals surface area contributed by atoms with Crippen molar-refractivity contribution in [3.05, 3.63) is 48.0 Å². The maximum Gasteiger partial charge on any atom is 0.0489 e. The molecule has 1 aliphatic carbocycles. The first kappa shape index (κ1) is 13.0. The van der Waals surface area contributed by atoms with Gasteiger partial charge in [-0.1, -0.05) is 55.3 Å². The van der Waals surface area contributed by atoms with Crippen LogP contribution in [0.25, 0.3) is 10.8 Å². The van der Waals surface area contributed by atoms with Crippen molar-refractivity contribution in [1.29, 1.82) is 0 Å². The van der Waals surface area contributed by atoms with Crippen LogP contribution in [0.15, 0.2) is 42.5 Å². The van der Waals surface area contributed by atoms with Gasteiger partial charge in [0, 0.05) is 18.0 Å². The van der Waals surface area contributed by atoms with Crippen molar-refractivity contribution in [1.82, 2.24) is 5.32 Å². The van der Waals surface area contributed by atoms with Crippen molar-refractivity contribution in [2.45, 2.75) is 43.6 Å². The lowest BCUT2D eigenvalue weighted by molar-refractivity contribution is 0.379. The average Bonchev–Trinajstić information content (AvgIpc) is 2.46. The van der Waals surface area contributed by atoms with E-state index in [9.17, 15) is 0 Å². The highest BCUT2D eigenvalue weighted by Gasteiger charge is 2.22. The van der Waals surface area contributed by atoms with Gasteiger partial charge in [0.1, 0.15) is 0 Å². The zero-order chi connectivity index (χ0) is 13.1. The van der Waals surface area contributed by atoms with Crippen LogP contribution in [0.5, 0.6) is 0 Å². The molecule has 2 aromatic rings. The van der Waals surface area contributed by atoms with Crippen LogP contribution in [-0.4, -0.2) is 11.4 Å². The smallest absolute Gasteiger partial charge is 0.0489 e. The highest BCUT2D eigenvalue weighted by Crippen LogP contribution is 2.24. The summed E-state index contributed by atoms with van der Waals surface area (Å²) in [6, 6.07) is 15.6. The molecule has 0 saturated heterocycles. The second-order valence-electron chi connectivity index (χ2n) is 5.43. The minimum absolute atomic E-state index is 0.295. The third-order valence-corrected chi connectivity index (χ3v) is 4.64. The molecule has 19 heavy (non-hydrogen) atoms. The van der Waals surface area contributed by atoms with E-state index in [0.717, 1.165) is 13.0 Å². The topological polar surface area (TPSA) is 12.0 Å². The van der Waals surface area contributed by atoms with Gasteiger partial charge in [-0.05, 0) is 29.2 Å². The predicted octanol–water partition coefficient (Wildman–Crippen LogP) is 4.48. The first-order valence-electron chi connectivity index (χ1n) is 7.19. The van der Waals surface area contributed by atoms with Crippen molar-refractivity contribution < 1.29 is 0 Å². The number of alkyl halides is 1. The summed E-state index contributed by atoms with van der Waals surface area (Å²) in [5.41, 5.74) is 1.37. The Morgan fingerprint density at radius 2 is 1.79 bits per heavy atom. The van der Waals surface area contributed by atoms with E-state index in [1.54, 1.807) is 0 Å². The second kappa shape index (κ2) is 5.94. The summed E-state index contributed by atoms with van der Waals surface area (Å²) >= 11 is 6.40. The molecule has 1 aliphatic rings. The standard InChI is InChI=1S/C17H20ClN/c18-16-10-3-4-11-17(16)19-12-14-8-5-7-13-6-1-2-9-15(13)14/h1-2,5-9,16-17,19H,3-4,10-12H2. The van der Waals surface area contributed by atoms with Gasteiger partial charge in [0.25, 0.3) is 0 Å². The molecule has 0 spiro atoms. The lowest BCUT2D eigenvalue weighted by atomic mass is 9.94. The van der Waals surface area contributed by atoms with Gasteiger partial charge in [-0.25, -0.2) is 0 Å². The zero-order valence-corrected chi connectivity index (χ0v) is 11.9. The highest BCUT2D eigenvalue weighted by atomic mass is 35.5. The van der Waals surface area contributed by atoms with Gasteiger partial charge in [-0.2, -0.15) is 0 Å². The van der Waals surface area contributed by atoms with Gasteiger partial charge < -0.3 is 5.32 Å². The fraction of sp³-hybridized carbons (Fsp3) is 0.412. The van der Waals surface area contributed by atoms with Gasteiger partial charge in [0.05, 0.1) is 0 Å². The summed E-state index contributed by atoms with van der Waals surface area (Å²) < 4.78 is 0. The summed E-state index contributed by atoms with van der Waals surface area (Å²) in [4.78, 5) is 0. The number of benzene rings is 2. The fourth-order valence-corrected chi connectivity index (χ4v) is 3.37. The number of rotatable bonds is 3. The van der Waals surface area contributed by atoms with E-state index in [1.165, 1.54) is 35.6 Å². The van der Waals surface area contributed by atoms with E-state index < -0.39 is 0 Å². The molecular weight excluding hydrogens is 254 g/mol. The number of hydrogen-bond donors (Lipinski definition) is 1. The monoisotopic (exact) mass is 273 g/mol. The van der Waals surface area contributed by atoms with Crippen LogP contribution >= 0.6 is 11.6 Å². The number of fused-ring (bicyclic) bond motifs is 1. The first-order chi connectivity index (χ1) is 9.34. The minimum atomic E-state index is 0.295. The van der Waals surface area contributed by atoms with E-state index in [0.29, 0.717) is 11.4 Å². The van der Waals surface area contributed by atoms with Gasteiger partial charge >= 0.3 is 0 Å². The normalized spacial score (nSPS) is 23.6. The Hall–Kier alpha value is -1.05. The quantitative estimate of drug-likeness (QED) is 0.813. The second-order valence-corrected chi connectivity index (χ2v) is 5.99. The van der Waals surface area contributed by atoms with E-state index in [4.69, 9.17) is 11.6 Å². The van der Waals surface area contributed by atoms with E-state index in [-0.39, 0.29) is 0 Å². The molecule has 0 radical (unpaired) electrons. The number of hydrogen-bond acceptors (Lipinski definition) is 1. The van der Waals surface area contributed by atoms with E-state index >= 15 is 0 Å². The molecule has 3 rings (SSSR count). The van der Waals surface area contributed by atoms with Gasteiger partial charge in [0.2, 0.25) is 0 Å². The number of nitrogens with one attached hydrogen (secondary N) is 1. The maximum absolute atomic E-state index is 6.40. The molecule has 0 amide bonds. The van der Waals surface area contributed by atoms with Crippen LogP contribution in [0.1, 0.15) is 31.2 Å². The average molecular weight is 274 g/mol. The Morgan fingerprint density at radius 3 is 2.68 bits per heavy atom. The van der Waals surface area contributed by atoms with E-state index in [2.05, 4.69) is 47.8 Å². The van der Waals surface area contributed by atoms with Crippen molar-refractivity contribution in [2.24, 2.45) is 0 Å². The largest absolute Gasteiger partial charge is 0.308 e. The molecule has 1 N–H and O–H groups in total. The third kappa shape index (κ3) is 2.93. The molecule has 0 bridgehead atoms. The Morgan fingerprint density at radius 1 is 1.00 bits per heavy atom. The summed E-state index contributed by atoms with van der Waals surface area (Å²) in [5, 5.41) is 6.60. The van der Waals surface area contributed by atoms with Crippen LogP contribution in [0, 0.1) is 0 Å². The molecule has 0 aliphatic heterocycles. The molecule has 0 aromatic heterocycles. The van der Waals surface area contributed by atoms with Gasteiger partial charge in [0.15, 0.2) is 0 Å². The van der Waals surface area contributed by atoms with Gasteiger partial charge in [-0.15, -0.1) is 11.6 Å². The predicted molar refractivity (Wildman–Crippen MR) is 82.7 cm³/mol. The maximum atomic E-state index is 6.40. The summed E-state index contributed by atoms with van der Waals surface area (Å²) in [6.07, 6.45) is 4.94. The van der Waals surface area contributed by atoms with Gasteiger partial charge in [-0.3, -0.25) is 0 Å². The van der Waals surface area contributed by atoms with E-state index in [1.807, 2.05) is 0 Å². The molecule has 1 fully saturated rings. The Bertz CT molecular complexity index is 546. The molecule has 1 saturated carbocycles. The van der Waals surface area contributed by atoms with Crippen LogP contribution in [0.4, 0.5) is 0 Å². The van der Waals surface area contributed by atoms with Crippen molar-refractivity contribution in [2.75, 3.05) is 0 Å². The summed E-state index contributed by atoms with van der Waals surface area (Å²) in [7, 11) is 0. The summed E-state index contributed by atoms with van der Waals surface area (Å²) in [6.45, 7) is 0.912. The molecule has 1 nitrogen and oxygen atoms in total. The Labute approximate surface area is 120 Å². The van der Waals surface area contributed by atoms with Crippen LogP contribution in [0.2, 0.25) is 0 Å². The zero-order valence-electron chi connectivity index (χ0n) is 11.1. The molecule has 100 valence electrons. The van der Waals surface area contributed by atoms with Crippen molar-refractivity contribution >= 4 is 22.4 Å². The Kier molecular flexibility index (Phi) is 4.05.